The lowest BCUT2D eigenvalue weighted by atomic mass is 10.0. The van der Waals surface area contributed by atoms with E-state index < -0.39 is 6.10 Å². The third kappa shape index (κ3) is 3.79. The molecule has 6 nitrogen and oxygen atoms in total. The van der Waals surface area contributed by atoms with Gasteiger partial charge in [0.2, 0.25) is 6.10 Å². The van der Waals surface area contributed by atoms with Gasteiger partial charge in [-0.3, -0.25) is 4.79 Å². The normalized spacial score (nSPS) is 17.0. The van der Waals surface area contributed by atoms with Gasteiger partial charge >= 0.3 is 0 Å². The summed E-state index contributed by atoms with van der Waals surface area (Å²) in [7, 11) is 3.16. The Labute approximate surface area is 152 Å². The van der Waals surface area contributed by atoms with Gasteiger partial charge in [0.05, 0.1) is 26.0 Å². The van der Waals surface area contributed by atoms with Crippen molar-refractivity contribution in [3.63, 3.8) is 0 Å². The average Bonchev–Trinajstić information content (AvgIpc) is 3.18. The van der Waals surface area contributed by atoms with Crippen LogP contribution in [0, 0.1) is 0 Å². The third-order valence-corrected chi connectivity index (χ3v) is 4.34. The van der Waals surface area contributed by atoms with Crippen molar-refractivity contribution >= 4 is 11.6 Å². The van der Waals surface area contributed by atoms with Crippen LogP contribution in [-0.4, -0.2) is 31.9 Å². The second-order valence-electron chi connectivity index (χ2n) is 6.05. The minimum atomic E-state index is -0.635. The predicted octanol–water partition coefficient (Wildman–Crippen LogP) is 3.07. The van der Waals surface area contributed by atoms with Crippen LogP contribution in [-0.2, 0) is 9.63 Å². The van der Waals surface area contributed by atoms with Gasteiger partial charge in [0.15, 0.2) is 11.5 Å². The number of ether oxygens (including phenoxy) is 2. The van der Waals surface area contributed by atoms with Crippen molar-refractivity contribution < 1.29 is 19.1 Å². The Hall–Kier alpha value is -3.02. The van der Waals surface area contributed by atoms with E-state index in [4.69, 9.17) is 14.3 Å². The number of rotatable bonds is 6. The van der Waals surface area contributed by atoms with Crippen molar-refractivity contribution in [2.45, 2.75) is 25.5 Å². The standard InChI is InChI=1S/C20H22N2O4/c1-13(14-7-5-4-6-8-14)21-20(23)19-12-16(22-26-19)15-9-10-17(24-2)18(11-15)25-3/h4-11,13,19H,12H2,1-3H3,(H,21,23)/t13-,19-/m0/s1. The highest BCUT2D eigenvalue weighted by Gasteiger charge is 2.30. The Balaban J connectivity index is 1.63. The van der Waals surface area contributed by atoms with Crippen molar-refractivity contribution in [3.05, 3.63) is 59.7 Å². The summed E-state index contributed by atoms with van der Waals surface area (Å²) in [5.41, 5.74) is 2.59. The first-order valence-corrected chi connectivity index (χ1v) is 8.42. The van der Waals surface area contributed by atoms with E-state index in [0.29, 0.717) is 23.6 Å². The third-order valence-electron chi connectivity index (χ3n) is 4.34. The molecule has 26 heavy (non-hydrogen) atoms. The fourth-order valence-electron chi connectivity index (χ4n) is 2.84. The monoisotopic (exact) mass is 354 g/mol. The van der Waals surface area contributed by atoms with Gasteiger partial charge in [0.25, 0.3) is 5.91 Å². The van der Waals surface area contributed by atoms with E-state index in [-0.39, 0.29) is 11.9 Å². The van der Waals surface area contributed by atoms with Gasteiger partial charge < -0.3 is 19.6 Å². The van der Waals surface area contributed by atoms with Crippen molar-refractivity contribution in [1.82, 2.24) is 5.32 Å². The average molecular weight is 354 g/mol. The summed E-state index contributed by atoms with van der Waals surface area (Å²) >= 11 is 0. The summed E-state index contributed by atoms with van der Waals surface area (Å²) in [5.74, 6) is 1.07. The molecule has 2 aromatic carbocycles. The molecule has 0 aliphatic carbocycles. The topological polar surface area (TPSA) is 69.2 Å². The molecule has 0 saturated heterocycles. The maximum Gasteiger partial charge on any atom is 0.264 e. The number of carbonyl (C=O) groups excluding carboxylic acids is 1. The summed E-state index contributed by atoms with van der Waals surface area (Å²) in [6.45, 7) is 1.94. The molecule has 0 bridgehead atoms. The quantitative estimate of drug-likeness (QED) is 0.866. The number of oxime groups is 1. The fraction of sp³-hybridized carbons (Fsp3) is 0.300. The number of amides is 1. The van der Waals surface area contributed by atoms with E-state index in [2.05, 4.69) is 10.5 Å². The smallest absolute Gasteiger partial charge is 0.264 e. The Morgan fingerprint density at radius 3 is 2.58 bits per heavy atom. The van der Waals surface area contributed by atoms with Crippen LogP contribution in [0.4, 0.5) is 0 Å². The zero-order valence-electron chi connectivity index (χ0n) is 15.1. The van der Waals surface area contributed by atoms with Gasteiger partial charge in [-0.1, -0.05) is 35.5 Å². The zero-order chi connectivity index (χ0) is 18.5. The van der Waals surface area contributed by atoms with Crippen LogP contribution >= 0.6 is 0 Å². The molecule has 0 radical (unpaired) electrons. The maximum absolute atomic E-state index is 12.5. The zero-order valence-corrected chi connectivity index (χ0v) is 15.1. The molecule has 1 N–H and O–H groups in total. The second-order valence-corrected chi connectivity index (χ2v) is 6.05. The van der Waals surface area contributed by atoms with Crippen LogP contribution in [0.15, 0.2) is 53.7 Å². The molecule has 2 aromatic rings. The molecule has 0 aromatic heterocycles. The van der Waals surface area contributed by atoms with E-state index in [1.165, 1.54) is 0 Å². The highest BCUT2D eigenvalue weighted by Crippen LogP contribution is 2.29. The summed E-state index contributed by atoms with van der Waals surface area (Å²) in [5, 5.41) is 7.05. The summed E-state index contributed by atoms with van der Waals surface area (Å²) in [4.78, 5) is 17.8. The molecule has 0 spiro atoms. The first-order chi connectivity index (χ1) is 12.6. The van der Waals surface area contributed by atoms with Crippen LogP contribution in [0.5, 0.6) is 11.5 Å². The first kappa shape index (κ1) is 17.8. The molecular weight excluding hydrogens is 332 g/mol. The lowest BCUT2D eigenvalue weighted by Crippen LogP contribution is -2.36. The molecule has 2 atom stereocenters. The first-order valence-electron chi connectivity index (χ1n) is 8.42. The van der Waals surface area contributed by atoms with E-state index in [1.807, 2.05) is 55.5 Å². The Morgan fingerprint density at radius 1 is 1.15 bits per heavy atom. The maximum atomic E-state index is 12.5. The molecule has 136 valence electrons. The highest BCUT2D eigenvalue weighted by molar-refractivity contribution is 6.04. The molecular formula is C20H22N2O4. The van der Waals surface area contributed by atoms with E-state index in [0.717, 1.165) is 11.1 Å². The summed E-state index contributed by atoms with van der Waals surface area (Å²) in [6, 6.07) is 15.2. The Kier molecular flexibility index (Phi) is 5.41. The number of nitrogens with zero attached hydrogens (tertiary/aromatic N) is 1. The molecule has 0 saturated carbocycles. The number of hydrogen-bond donors (Lipinski definition) is 1. The van der Waals surface area contributed by atoms with Gasteiger partial charge in [-0.2, -0.15) is 0 Å². The molecule has 0 fully saturated rings. The largest absolute Gasteiger partial charge is 0.493 e. The Morgan fingerprint density at radius 2 is 1.88 bits per heavy atom. The summed E-state index contributed by atoms with van der Waals surface area (Å²) in [6.07, 6.45) is -0.229. The SMILES string of the molecule is COc1ccc(C2=NO[C@H](C(=O)N[C@@H](C)c3ccccc3)C2)cc1OC. The van der Waals surface area contributed by atoms with E-state index >= 15 is 0 Å². The van der Waals surface area contributed by atoms with Gasteiger partial charge in [-0.05, 0) is 30.7 Å². The highest BCUT2D eigenvalue weighted by atomic mass is 16.6. The number of methoxy groups -OCH3 is 2. The van der Waals surface area contributed by atoms with Crippen LogP contribution in [0.2, 0.25) is 0 Å². The Bertz CT molecular complexity index is 805. The van der Waals surface area contributed by atoms with E-state index in [9.17, 15) is 4.79 Å². The second kappa shape index (κ2) is 7.91. The van der Waals surface area contributed by atoms with Crippen LogP contribution < -0.4 is 14.8 Å². The molecule has 6 heteroatoms. The number of hydrogen-bond acceptors (Lipinski definition) is 5. The van der Waals surface area contributed by atoms with Gasteiger partial charge in [0, 0.05) is 12.0 Å². The fourth-order valence-corrected chi connectivity index (χ4v) is 2.84. The van der Waals surface area contributed by atoms with Gasteiger partial charge in [0.1, 0.15) is 0 Å². The predicted molar refractivity (Wildman–Crippen MR) is 98.6 cm³/mol. The van der Waals surface area contributed by atoms with Crippen LogP contribution in [0.25, 0.3) is 0 Å². The molecule has 1 aliphatic heterocycles. The van der Waals surface area contributed by atoms with Crippen molar-refractivity contribution in [2.75, 3.05) is 14.2 Å². The van der Waals surface area contributed by atoms with Crippen LogP contribution in [0.3, 0.4) is 0 Å². The number of benzene rings is 2. The van der Waals surface area contributed by atoms with E-state index in [1.54, 1.807) is 14.2 Å². The molecule has 1 heterocycles. The lowest BCUT2D eigenvalue weighted by Gasteiger charge is -2.16. The van der Waals surface area contributed by atoms with Crippen LogP contribution in [0.1, 0.15) is 30.5 Å². The summed E-state index contributed by atoms with van der Waals surface area (Å²) < 4.78 is 10.6. The van der Waals surface area contributed by atoms with Crippen molar-refractivity contribution in [3.8, 4) is 11.5 Å². The molecule has 1 amide bonds. The molecule has 1 aliphatic rings. The number of carbonyl (C=O) groups is 1. The minimum absolute atomic E-state index is 0.0996. The van der Waals surface area contributed by atoms with Gasteiger partial charge in [-0.15, -0.1) is 0 Å². The lowest BCUT2D eigenvalue weighted by molar-refractivity contribution is -0.131. The van der Waals surface area contributed by atoms with Gasteiger partial charge in [-0.25, -0.2) is 0 Å². The number of nitrogens with one attached hydrogen (secondary N) is 1. The van der Waals surface area contributed by atoms with Crippen molar-refractivity contribution in [1.29, 1.82) is 0 Å². The van der Waals surface area contributed by atoms with Crippen molar-refractivity contribution in [2.24, 2.45) is 5.16 Å². The minimum Gasteiger partial charge on any atom is -0.493 e. The molecule has 3 rings (SSSR count). The molecule has 0 unspecified atom stereocenters.